The molecule has 106 valence electrons. The summed E-state index contributed by atoms with van der Waals surface area (Å²) in [5, 5.41) is 7.53. The lowest BCUT2D eigenvalue weighted by molar-refractivity contribution is 0.0948. The largest absolute Gasteiger partial charge is 0.492 e. The van der Waals surface area contributed by atoms with E-state index < -0.39 is 5.91 Å². The number of rotatable bonds is 6. The molecule has 2 rings (SSSR count). The topological polar surface area (TPSA) is 95.1 Å². The van der Waals surface area contributed by atoms with Gasteiger partial charge < -0.3 is 4.74 Å². The van der Waals surface area contributed by atoms with Crippen molar-refractivity contribution in [2.75, 3.05) is 6.61 Å². The highest BCUT2D eigenvalue weighted by molar-refractivity contribution is 5.91. The lowest BCUT2D eigenvalue weighted by Crippen LogP contribution is -2.30. The van der Waals surface area contributed by atoms with Crippen molar-refractivity contribution in [3.05, 3.63) is 41.7 Å². The van der Waals surface area contributed by atoms with Crippen LogP contribution >= 0.6 is 0 Å². The van der Waals surface area contributed by atoms with Gasteiger partial charge in [0.1, 0.15) is 12.4 Å². The quantitative estimate of drug-likeness (QED) is 0.455. The predicted octanol–water partition coefficient (Wildman–Crippen LogP) is 0.523. The van der Waals surface area contributed by atoms with Crippen LogP contribution in [0.4, 0.5) is 0 Å². The van der Waals surface area contributed by atoms with E-state index in [1.807, 2.05) is 23.6 Å². The molecule has 0 aliphatic heterocycles. The van der Waals surface area contributed by atoms with Crippen molar-refractivity contribution in [2.45, 2.75) is 19.9 Å². The van der Waals surface area contributed by atoms with Gasteiger partial charge in [0.25, 0.3) is 5.91 Å². The van der Waals surface area contributed by atoms with E-state index in [0.717, 1.165) is 12.2 Å². The van der Waals surface area contributed by atoms with Gasteiger partial charge in [-0.2, -0.15) is 0 Å². The van der Waals surface area contributed by atoms with Crippen LogP contribution in [-0.2, 0) is 13.0 Å². The van der Waals surface area contributed by atoms with E-state index in [0.29, 0.717) is 13.2 Å². The highest BCUT2D eigenvalue weighted by atomic mass is 16.5. The van der Waals surface area contributed by atoms with Crippen LogP contribution in [0.15, 0.2) is 30.5 Å². The van der Waals surface area contributed by atoms with Crippen molar-refractivity contribution in [3.8, 4) is 5.75 Å². The Balaban J connectivity index is 1.86. The maximum atomic E-state index is 11.2. The average Bonchev–Trinajstić information content (AvgIpc) is 2.95. The summed E-state index contributed by atoms with van der Waals surface area (Å²) in [6, 6.07) is 7.94. The number of carbonyl (C=O) groups excluding carboxylic acids is 1. The second kappa shape index (κ2) is 6.67. The Morgan fingerprint density at radius 3 is 3.10 bits per heavy atom. The fourth-order valence-corrected chi connectivity index (χ4v) is 1.70. The number of amides is 1. The van der Waals surface area contributed by atoms with Crippen molar-refractivity contribution in [2.24, 2.45) is 5.84 Å². The molecule has 1 amide bonds. The minimum absolute atomic E-state index is 0.181. The fraction of sp³-hybridized carbons (Fsp3) is 0.308. The molecule has 0 unspecified atom stereocenters. The minimum atomic E-state index is -0.465. The highest BCUT2D eigenvalue weighted by Gasteiger charge is 2.08. The Bertz CT molecular complexity index is 582. The monoisotopic (exact) mass is 275 g/mol. The summed E-state index contributed by atoms with van der Waals surface area (Å²) in [6.07, 6.45) is 2.49. The van der Waals surface area contributed by atoms with E-state index in [4.69, 9.17) is 10.6 Å². The van der Waals surface area contributed by atoms with Crippen LogP contribution in [0.25, 0.3) is 0 Å². The van der Waals surface area contributed by atoms with Gasteiger partial charge in [0, 0.05) is 0 Å². The lowest BCUT2D eigenvalue weighted by Gasteiger charge is -2.07. The summed E-state index contributed by atoms with van der Waals surface area (Å²) in [7, 11) is 0. The predicted molar refractivity (Wildman–Crippen MR) is 73.0 cm³/mol. The molecule has 0 fully saturated rings. The molecule has 0 bridgehead atoms. The molecule has 0 aliphatic carbocycles. The number of hydrogen-bond donors (Lipinski definition) is 2. The van der Waals surface area contributed by atoms with E-state index in [1.54, 1.807) is 0 Å². The zero-order valence-electron chi connectivity index (χ0n) is 11.2. The molecule has 0 atom stereocenters. The first-order valence-electron chi connectivity index (χ1n) is 6.35. The molecule has 7 heteroatoms. The molecule has 1 heterocycles. The molecule has 0 spiro atoms. The first kappa shape index (κ1) is 14.0. The number of nitrogens with two attached hydrogens (primary N) is 1. The van der Waals surface area contributed by atoms with Gasteiger partial charge in [-0.25, -0.2) is 10.5 Å². The van der Waals surface area contributed by atoms with Gasteiger partial charge in [-0.1, -0.05) is 24.3 Å². The number of carbonyl (C=O) groups is 1. The van der Waals surface area contributed by atoms with E-state index in [2.05, 4.69) is 23.3 Å². The first-order valence-corrected chi connectivity index (χ1v) is 6.35. The second-order valence-electron chi connectivity index (χ2n) is 4.19. The third-order valence-electron chi connectivity index (χ3n) is 2.80. The van der Waals surface area contributed by atoms with Gasteiger partial charge in [-0.05, 0) is 24.1 Å². The van der Waals surface area contributed by atoms with Crippen LogP contribution in [0.3, 0.4) is 0 Å². The number of hydrogen-bond acceptors (Lipinski definition) is 5. The van der Waals surface area contributed by atoms with Gasteiger partial charge in [0.2, 0.25) is 0 Å². The minimum Gasteiger partial charge on any atom is -0.492 e. The molecule has 0 saturated carbocycles. The maximum Gasteiger partial charge on any atom is 0.287 e. The smallest absolute Gasteiger partial charge is 0.287 e. The Labute approximate surface area is 116 Å². The van der Waals surface area contributed by atoms with Crippen molar-refractivity contribution < 1.29 is 9.53 Å². The molecule has 0 aliphatic rings. The molecule has 1 aromatic carbocycles. The number of hydrazine groups is 1. The number of benzene rings is 1. The Kier molecular flexibility index (Phi) is 4.67. The highest BCUT2D eigenvalue weighted by Crippen LogP contribution is 2.13. The number of nitrogen functional groups attached to an aromatic ring is 1. The van der Waals surface area contributed by atoms with Crippen LogP contribution in [0.5, 0.6) is 5.75 Å². The Hall–Kier alpha value is -2.41. The van der Waals surface area contributed by atoms with Crippen molar-refractivity contribution >= 4 is 5.91 Å². The van der Waals surface area contributed by atoms with E-state index in [-0.39, 0.29) is 5.69 Å². The van der Waals surface area contributed by atoms with Crippen molar-refractivity contribution in [3.63, 3.8) is 0 Å². The Morgan fingerprint density at radius 1 is 1.50 bits per heavy atom. The normalized spacial score (nSPS) is 10.3. The molecule has 1 aromatic heterocycles. The molecule has 0 radical (unpaired) electrons. The van der Waals surface area contributed by atoms with Gasteiger partial charge in [-0.3, -0.25) is 10.2 Å². The van der Waals surface area contributed by atoms with Crippen LogP contribution in [-0.4, -0.2) is 27.5 Å². The summed E-state index contributed by atoms with van der Waals surface area (Å²) in [5.74, 6) is 5.37. The van der Waals surface area contributed by atoms with Gasteiger partial charge >= 0.3 is 0 Å². The van der Waals surface area contributed by atoms with Crippen LogP contribution < -0.4 is 16.0 Å². The maximum absolute atomic E-state index is 11.2. The molecule has 2 aromatic rings. The van der Waals surface area contributed by atoms with Crippen LogP contribution in [0.1, 0.15) is 23.0 Å². The Morgan fingerprint density at radius 2 is 2.35 bits per heavy atom. The third-order valence-corrected chi connectivity index (χ3v) is 2.80. The van der Waals surface area contributed by atoms with Crippen molar-refractivity contribution in [1.82, 2.24) is 20.4 Å². The molecule has 3 N–H and O–H groups in total. The summed E-state index contributed by atoms with van der Waals surface area (Å²) < 4.78 is 7.17. The van der Waals surface area contributed by atoms with Gasteiger partial charge in [0.15, 0.2) is 5.69 Å². The second-order valence-corrected chi connectivity index (χ2v) is 4.19. The molecule has 20 heavy (non-hydrogen) atoms. The number of aryl methyl sites for hydroxylation is 1. The summed E-state index contributed by atoms with van der Waals surface area (Å²) >= 11 is 0. The van der Waals surface area contributed by atoms with Crippen molar-refractivity contribution in [1.29, 1.82) is 0 Å². The third kappa shape index (κ3) is 3.55. The first-order chi connectivity index (χ1) is 9.72. The van der Waals surface area contributed by atoms with E-state index in [9.17, 15) is 4.79 Å². The zero-order valence-corrected chi connectivity index (χ0v) is 11.2. The summed E-state index contributed by atoms with van der Waals surface area (Å²) in [5.41, 5.74) is 3.41. The standard InChI is InChI=1S/C13H17N5O2/c1-2-10-4-3-5-11(8-10)20-7-6-18-9-12(16-17-18)13(19)15-14/h3-5,8-9H,2,6-7,14H2,1H3,(H,15,19). The van der Waals surface area contributed by atoms with E-state index >= 15 is 0 Å². The van der Waals surface area contributed by atoms with Crippen LogP contribution in [0.2, 0.25) is 0 Å². The SMILES string of the molecule is CCc1cccc(OCCn2cc(C(=O)NN)nn2)c1. The summed E-state index contributed by atoms with van der Waals surface area (Å²) in [4.78, 5) is 11.2. The lowest BCUT2D eigenvalue weighted by atomic mass is 10.2. The number of aromatic nitrogens is 3. The van der Waals surface area contributed by atoms with Crippen LogP contribution in [0, 0.1) is 0 Å². The molecule has 7 nitrogen and oxygen atoms in total. The van der Waals surface area contributed by atoms with Gasteiger partial charge in [-0.15, -0.1) is 5.10 Å². The van der Waals surface area contributed by atoms with Gasteiger partial charge in [0.05, 0.1) is 12.7 Å². The molecule has 0 saturated heterocycles. The molecular formula is C13H17N5O2. The number of nitrogens with one attached hydrogen (secondary N) is 1. The number of ether oxygens (including phenoxy) is 1. The number of nitrogens with zero attached hydrogens (tertiary/aromatic N) is 3. The zero-order chi connectivity index (χ0) is 14.4. The summed E-state index contributed by atoms with van der Waals surface area (Å²) in [6.45, 7) is 3.04. The average molecular weight is 275 g/mol. The molecular weight excluding hydrogens is 258 g/mol. The fourth-order valence-electron chi connectivity index (χ4n) is 1.70. The van der Waals surface area contributed by atoms with E-state index in [1.165, 1.54) is 16.4 Å².